The third-order valence-electron chi connectivity index (χ3n) is 4.30. The Morgan fingerprint density at radius 1 is 1.22 bits per heavy atom. The highest BCUT2D eigenvalue weighted by atomic mass is 32.2. The lowest BCUT2D eigenvalue weighted by Crippen LogP contribution is -2.45. The lowest BCUT2D eigenvalue weighted by atomic mass is 10.0. The van der Waals surface area contributed by atoms with Crippen LogP contribution in [0.4, 0.5) is 0 Å². The van der Waals surface area contributed by atoms with Gasteiger partial charge in [0.15, 0.2) is 0 Å². The predicted molar refractivity (Wildman–Crippen MR) is 88.6 cm³/mol. The Kier molecular flexibility index (Phi) is 4.36. The minimum absolute atomic E-state index is 0.170. The molecule has 3 aliphatic rings. The van der Waals surface area contributed by atoms with E-state index in [0.29, 0.717) is 5.71 Å². The molecule has 23 heavy (non-hydrogen) atoms. The summed E-state index contributed by atoms with van der Waals surface area (Å²) in [7, 11) is -0.326. The van der Waals surface area contributed by atoms with Crippen molar-refractivity contribution in [3.05, 3.63) is 23.9 Å². The molecule has 1 amide bonds. The smallest absolute Gasteiger partial charge is 0.249 e. The van der Waals surface area contributed by atoms with Gasteiger partial charge in [-0.25, -0.2) is 5.01 Å². The predicted octanol–water partition coefficient (Wildman–Crippen LogP) is -0.284. The lowest BCUT2D eigenvalue weighted by molar-refractivity contribution is -0.128. The number of likely N-dealkylation sites (N-methyl/N-ethyl adjacent to an activating group) is 1. The summed E-state index contributed by atoms with van der Waals surface area (Å²) in [5, 5.41) is 5.45. The van der Waals surface area contributed by atoms with Gasteiger partial charge < -0.3 is 9.80 Å². The highest BCUT2D eigenvalue weighted by Crippen LogP contribution is 2.21. The molecule has 0 N–H and O–H groups in total. The molecule has 8 heteroatoms. The van der Waals surface area contributed by atoms with Crippen LogP contribution in [0.2, 0.25) is 0 Å². The van der Waals surface area contributed by atoms with Gasteiger partial charge in [-0.1, -0.05) is 6.08 Å². The summed E-state index contributed by atoms with van der Waals surface area (Å²) in [5.41, 5.74) is 1.58. The molecule has 0 spiro atoms. The number of amides is 1. The fourth-order valence-corrected chi connectivity index (χ4v) is 3.56. The first kappa shape index (κ1) is 15.9. The molecule has 124 valence electrons. The third kappa shape index (κ3) is 3.23. The van der Waals surface area contributed by atoms with Gasteiger partial charge in [-0.2, -0.15) is 13.5 Å². The largest absolute Gasteiger partial charge is 0.369 e. The van der Waals surface area contributed by atoms with Crippen molar-refractivity contribution in [3.8, 4) is 0 Å². The summed E-state index contributed by atoms with van der Waals surface area (Å²) in [4.78, 5) is 16.6. The highest BCUT2D eigenvalue weighted by Gasteiger charge is 2.32. The van der Waals surface area contributed by atoms with Crippen molar-refractivity contribution in [2.45, 2.75) is 19.4 Å². The van der Waals surface area contributed by atoms with Gasteiger partial charge >= 0.3 is 0 Å². The Morgan fingerprint density at radius 3 is 2.48 bits per heavy atom. The molecular formula is C15H20N4O3S. The Labute approximate surface area is 137 Å². The number of piperazine rings is 1. The quantitative estimate of drug-likeness (QED) is 0.648. The normalized spacial score (nSPS) is 25.7. The van der Waals surface area contributed by atoms with E-state index in [-0.39, 0.29) is 17.2 Å². The van der Waals surface area contributed by atoms with Crippen LogP contribution in [-0.4, -0.2) is 79.0 Å². The minimum Gasteiger partial charge on any atom is -0.369 e. The molecule has 2 heterocycles. The van der Waals surface area contributed by atoms with E-state index in [4.69, 9.17) is 0 Å². The third-order valence-corrected chi connectivity index (χ3v) is 5.04. The van der Waals surface area contributed by atoms with E-state index in [1.54, 1.807) is 19.1 Å². The van der Waals surface area contributed by atoms with Crippen LogP contribution in [0, 0.1) is 0 Å². The number of nitrogens with zero attached hydrogens (tertiary/aromatic N) is 4. The second-order valence-corrected chi connectivity index (χ2v) is 6.99. The lowest BCUT2D eigenvalue weighted by Gasteiger charge is -2.36. The molecule has 1 atom stereocenters. The number of hydrazone groups is 1. The minimum atomic E-state index is -2.40. The molecule has 0 saturated carbocycles. The first-order valence-electron chi connectivity index (χ1n) is 7.61. The molecule has 1 aliphatic carbocycles. The van der Waals surface area contributed by atoms with Gasteiger partial charge in [-0.15, -0.1) is 0 Å². The number of hydrogen-bond donors (Lipinski definition) is 0. The van der Waals surface area contributed by atoms with Crippen LogP contribution in [0.5, 0.6) is 0 Å². The van der Waals surface area contributed by atoms with Crippen LogP contribution in [-0.2, 0) is 15.1 Å². The molecule has 0 aromatic heterocycles. The summed E-state index contributed by atoms with van der Waals surface area (Å²) in [6.45, 7) is 5.37. The highest BCUT2D eigenvalue weighted by molar-refractivity contribution is 7.73. The summed E-state index contributed by atoms with van der Waals surface area (Å²) < 4.78 is 23.3. The zero-order valence-corrected chi connectivity index (χ0v) is 14.1. The number of carbonyl (C=O) groups is 1. The summed E-state index contributed by atoms with van der Waals surface area (Å²) >= 11 is 0. The van der Waals surface area contributed by atoms with Crippen LogP contribution in [0.3, 0.4) is 0 Å². The van der Waals surface area contributed by atoms with Gasteiger partial charge in [0.1, 0.15) is 10.9 Å². The maximum atomic E-state index is 12.0. The van der Waals surface area contributed by atoms with Crippen molar-refractivity contribution in [1.82, 2.24) is 14.8 Å². The standard InChI is InChI=1S/C15H20N4O3S/c1-11-9-15(20)19(16-11)13-4-3-12(10-14(13)23(21)22)18-7-5-17(2)6-8-18/h3-4,10,13H,5-9H2,1-2H3. The van der Waals surface area contributed by atoms with Crippen LogP contribution in [0.1, 0.15) is 13.3 Å². The van der Waals surface area contributed by atoms with E-state index < -0.39 is 16.3 Å². The van der Waals surface area contributed by atoms with E-state index in [1.807, 2.05) is 6.08 Å². The van der Waals surface area contributed by atoms with E-state index in [2.05, 4.69) is 21.9 Å². The zero-order valence-electron chi connectivity index (χ0n) is 13.3. The molecule has 0 aromatic rings. The maximum absolute atomic E-state index is 12.0. The Hall–Kier alpha value is -1.93. The average Bonchev–Trinajstić information content (AvgIpc) is 2.86. The molecule has 0 radical (unpaired) electrons. The summed E-state index contributed by atoms with van der Waals surface area (Å²) in [6.07, 6.45) is 5.55. The van der Waals surface area contributed by atoms with E-state index >= 15 is 0 Å². The molecule has 1 fully saturated rings. The van der Waals surface area contributed by atoms with Crippen molar-refractivity contribution in [2.24, 2.45) is 5.10 Å². The first-order chi connectivity index (χ1) is 11.0. The van der Waals surface area contributed by atoms with E-state index in [0.717, 1.165) is 31.9 Å². The molecular weight excluding hydrogens is 316 g/mol. The van der Waals surface area contributed by atoms with Crippen LogP contribution >= 0.6 is 0 Å². The average molecular weight is 336 g/mol. The molecule has 2 aliphatic heterocycles. The van der Waals surface area contributed by atoms with Crippen molar-refractivity contribution in [2.75, 3.05) is 33.2 Å². The maximum Gasteiger partial charge on any atom is 0.249 e. The van der Waals surface area contributed by atoms with E-state index in [1.165, 1.54) is 5.01 Å². The fourth-order valence-electron chi connectivity index (χ4n) is 2.97. The van der Waals surface area contributed by atoms with Gasteiger partial charge in [-0.05, 0) is 26.1 Å². The van der Waals surface area contributed by atoms with Gasteiger partial charge in [0.25, 0.3) is 0 Å². The molecule has 1 unspecified atom stereocenters. The summed E-state index contributed by atoms with van der Waals surface area (Å²) in [5.74, 6) is -0.170. The fraction of sp³-hybridized carbons (Fsp3) is 0.533. The second kappa shape index (κ2) is 6.29. The monoisotopic (exact) mass is 336 g/mol. The number of hydrogen-bond acceptors (Lipinski definition) is 6. The molecule has 7 nitrogen and oxygen atoms in total. The Morgan fingerprint density at radius 2 is 1.91 bits per heavy atom. The van der Waals surface area contributed by atoms with Crippen molar-refractivity contribution >= 4 is 26.8 Å². The van der Waals surface area contributed by atoms with Gasteiger partial charge in [0.2, 0.25) is 16.2 Å². The van der Waals surface area contributed by atoms with E-state index in [9.17, 15) is 13.2 Å². The van der Waals surface area contributed by atoms with Crippen LogP contribution in [0.15, 0.2) is 29.0 Å². The SMILES string of the molecule is CC1=NN(C2C=CC(N3CCN(C)CC3)=CC2=S(=O)=O)C(=O)C1. The van der Waals surface area contributed by atoms with Crippen LogP contribution in [0.25, 0.3) is 0 Å². The molecule has 0 bridgehead atoms. The molecule has 1 saturated heterocycles. The number of rotatable bonds is 2. The number of carbonyl (C=O) groups excluding carboxylic acids is 1. The van der Waals surface area contributed by atoms with Crippen molar-refractivity contribution in [1.29, 1.82) is 0 Å². The topological polar surface area (TPSA) is 73.3 Å². The van der Waals surface area contributed by atoms with Crippen LogP contribution < -0.4 is 0 Å². The zero-order chi connectivity index (χ0) is 16.6. The Bertz CT molecular complexity index is 735. The van der Waals surface area contributed by atoms with Gasteiger partial charge in [-0.3, -0.25) is 4.79 Å². The van der Waals surface area contributed by atoms with Gasteiger partial charge in [0, 0.05) is 37.6 Å². The van der Waals surface area contributed by atoms with Gasteiger partial charge in [0.05, 0.1) is 6.42 Å². The summed E-state index contributed by atoms with van der Waals surface area (Å²) in [6, 6.07) is -0.644. The number of allylic oxidation sites excluding steroid dienone is 1. The van der Waals surface area contributed by atoms with Crippen molar-refractivity contribution in [3.63, 3.8) is 0 Å². The second-order valence-electron chi connectivity index (χ2n) is 6.05. The molecule has 0 aromatic carbocycles. The Balaban J connectivity index is 1.87. The molecule has 3 rings (SSSR count). The van der Waals surface area contributed by atoms with Crippen molar-refractivity contribution < 1.29 is 13.2 Å². The first-order valence-corrected chi connectivity index (χ1v) is 8.69.